The highest BCUT2D eigenvalue weighted by Crippen LogP contribution is 2.32. The van der Waals surface area contributed by atoms with Gasteiger partial charge in [-0.2, -0.15) is 0 Å². The topological polar surface area (TPSA) is 59.4 Å². The number of aliphatic hydroxyl groups is 1. The van der Waals surface area contributed by atoms with Crippen molar-refractivity contribution in [3.05, 3.63) is 29.7 Å². The molecule has 0 aromatic carbocycles. The van der Waals surface area contributed by atoms with Gasteiger partial charge in [0.15, 0.2) is 0 Å². The zero-order valence-electron chi connectivity index (χ0n) is 9.65. The summed E-state index contributed by atoms with van der Waals surface area (Å²) in [6.07, 6.45) is 6.76. The minimum absolute atomic E-state index is 0.173. The van der Waals surface area contributed by atoms with Crippen LogP contribution in [-0.4, -0.2) is 16.7 Å². The van der Waals surface area contributed by atoms with E-state index >= 15 is 0 Å². The third-order valence-corrected chi connectivity index (χ3v) is 3.53. The molecule has 3 nitrogen and oxygen atoms in total. The smallest absolute Gasteiger partial charge is 0.126 e. The minimum Gasteiger partial charge on any atom is -0.465 e. The molecule has 1 aliphatic carbocycles. The molecule has 88 valence electrons. The summed E-state index contributed by atoms with van der Waals surface area (Å²) >= 11 is 0. The number of hydrogen-bond donors (Lipinski definition) is 2. The number of hydrogen-bond acceptors (Lipinski definition) is 3. The van der Waals surface area contributed by atoms with Gasteiger partial charge in [0.2, 0.25) is 0 Å². The van der Waals surface area contributed by atoms with Gasteiger partial charge in [0, 0.05) is 5.54 Å². The fourth-order valence-electron chi connectivity index (χ4n) is 2.24. The summed E-state index contributed by atoms with van der Waals surface area (Å²) in [5, 5.41) is 9.49. The highest BCUT2D eigenvalue weighted by molar-refractivity contribution is 5.50. The van der Waals surface area contributed by atoms with Crippen molar-refractivity contribution in [3.63, 3.8) is 0 Å². The van der Waals surface area contributed by atoms with Crippen LogP contribution in [0.5, 0.6) is 0 Å². The van der Waals surface area contributed by atoms with Crippen LogP contribution in [0.15, 0.2) is 28.4 Å². The summed E-state index contributed by atoms with van der Waals surface area (Å²) in [6.45, 7) is 2.04. The lowest BCUT2D eigenvalue weighted by Crippen LogP contribution is -2.45. The van der Waals surface area contributed by atoms with Gasteiger partial charge in [-0.1, -0.05) is 0 Å². The van der Waals surface area contributed by atoms with E-state index in [2.05, 4.69) is 0 Å². The second-order valence-corrected chi connectivity index (χ2v) is 4.73. The first-order valence-electron chi connectivity index (χ1n) is 5.79. The summed E-state index contributed by atoms with van der Waals surface area (Å²) in [5.74, 6) is 0.841. The third-order valence-electron chi connectivity index (χ3n) is 3.53. The van der Waals surface area contributed by atoms with Gasteiger partial charge in [0.25, 0.3) is 0 Å². The van der Waals surface area contributed by atoms with Crippen LogP contribution in [0.1, 0.15) is 38.4 Å². The molecule has 1 heterocycles. The predicted molar refractivity (Wildman–Crippen MR) is 63.8 cm³/mol. The lowest BCUT2D eigenvalue weighted by Gasteiger charge is -2.36. The van der Waals surface area contributed by atoms with Gasteiger partial charge in [-0.05, 0) is 56.4 Å². The van der Waals surface area contributed by atoms with Crippen LogP contribution in [0.3, 0.4) is 0 Å². The first-order valence-corrected chi connectivity index (χ1v) is 5.79. The van der Waals surface area contributed by atoms with Crippen molar-refractivity contribution in [1.82, 2.24) is 0 Å². The molecule has 1 saturated carbocycles. The molecule has 0 aliphatic heterocycles. The Balaban J connectivity index is 2.11. The Hall–Kier alpha value is -1.06. The lowest BCUT2D eigenvalue weighted by molar-refractivity contribution is 0.107. The van der Waals surface area contributed by atoms with Crippen molar-refractivity contribution in [1.29, 1.82) is 0 Å². The van der Waals surface area contributed by atoms with Crippen LogP contribution >= 0.6 is 0 Å². The Labute approximate surface area is 95.9 Å². The van der Waals surface area contributed by atoms with Crippen LogP contribution in [0.25, 0.3) is 6.08 Å². The van der Waals surface area contributed by atoms with E-state index in [1.807, 2.05) is 25.1 Å². The summed E-state index contributed by atoms with van der Waals surface area (Å²) in [7, 11) is 0. The fraction of sp³-hybridized carbons (Fsp3) is 0.538. The number of aliphatic hydroxyl groups excluding tert-OH is 1. The predicted octanol–water partition coefficient (Wildman–Crippen LogP) is 2.32. The largest absolute Gasteiger partial charge is 0.465 e. The molecule has 0 bridgehead atoms. The third kappa shape index (κ3) is 2.36. The second-order valence-electron chi connectivity index (χ2n) is 4.73. The van der Waals surface area contributed by atoms with Gasteiger partial charge in [-0.15, -0.1) is 0 Å². The molecule has 3 heteroatoms. The first-order chi connectivity index (χ1) is 7.60. The van der Waals surface area contributed by atoms with E-state index in [1.54, 1.807) is 6.26 Å². The quantitative estimate of drug-likeness (QED) is 0.805. The minimum atomic E-state index is -0.272. The van der Waals surface area contributed by atoms with E-state index in [1.165, 1.54) is 0 Å². The Kier molecular flexibility index (Phi) is 3.17. The lowest BCUT2D eigenvalue weighted by atomic mass is 9.76. The molecule has 16 heavy (non-hydrogen) atoms. The molecular weight excluding hydrogens is 202 g/mol. The van der Waals surface area contributed by atoms with E-state index < -0.39 is 0 Å². The van der Waals surface area contributed by atoms with Crippen LogP contribution in [-0.2, 0) is 0 Å². The van der Waals surface area contributed by atoms with Crippen LogP contribution in [0, 0.1) is 0 Å². The van der Waals surface area contributed by atoms with E-state index in [9.17, 15) is 5.11 Å². The standard InChI is InChI=1S/C13H19NO2/c1-10(9-12-3-2-8-16-12)13(14)6-4-11(15)5-7-13/h2-3,8-9,11,15H,4-7,14H2,1H3/b10-9+. The second kappa shape index (κ2) is 4.44. The normalized spacial score (nSPS) is 31.7. The summed E-state index contributed by atoms with van der Waals surface area (Å²) in [6, 6.07) is 3.79. The van der Waals surface area contributed by atoms with Gasteiger partial charge in [-0.25, -0.2) is 0 Å². The molecular formula is C13H19NO2. The monoisotopic (exact) mass is 221 g/mol. The molecule has 1 aromatic heterocycles. The van der Waals surface area contributed by atoms with Crippen LogP contribution < -0.4 is 5.73 Å². The van der Waals surface area contributed by atoms with Crippen molar-refractivity contribution in [3.8, 4) is 0 Å². The highest BCUT2D eigenvalue weighted by atomic mass is 16.3. The maximum absolute atomic E-state index is 9.49. The van der Waals surface area contributed by atoms with Crippen LogP contribution in [0.2, 0.25) is 0 Å². The zero-order valence-corrected chi connectivity index (χ0v) is 9.65. The molecule has 0 atom stereocenters. The zero-order chi connectivity index (χ0) is 11.6. The summed E-state index contributed by atoms with van der Waals surface area (Å²) < 4.78 is 5.28. The Morgan fingerprint density at radius 2 is 2.25 bits per heavy atom. The van der Waals surface area contributed by atoms with Crippen LogP contribution in [0.4, 0.5) is 0 Å². The van der Waals surface area contributed by atoms with Gasteiger partial charge in [0.05, 0.1) is 12.4 Å². The number of furan rings is 1. The fourth-order valence-corrected chi connectivity index (χ4v) is 2.24. The van der Waals surface area contributed by atoms with Crippen molar-refractivity contribution >= 4 is 6.08 Å². The van der Waals surface area contributed by atoms with Crippen molar-refractivity contribution in [2.24, 2.45) is 5.73 Å². The average molecular weight is 221 g/mol. The summed E-state index contributed by atoms with van der Waals surface area (Å²) in [5.41, 5.74) is 7.22. The summed E-state index contributed by atoms with van der Waals surface area (Å²) in [4.78, 5) is 0. The molecule has 0 spiro atoms. The Morgan fingerprint density at radius 3 is 2.81 bits per heavy atom. The van der Waals surface area contributed by atoms with Gasteiger partial charge >= 0.3 is 0 Å². The molecule has 0 radical (unpaired) electrons. The Morgan fingerprint density at radius 1 is 1.56 bits per heavy atom. The molecule has 1 aliphatic rings. The molecule has 0 unspecified atom stereocenters. The first kappa shape index (κ1) is 11.4. The van der Waals surface area contributed by atoms with E-state index in [-0.39, 0.29) is 11.6 Å². The SMILES string of the molecule is C/C(=C\c1ccco1)C1(N)CCC(O)CC1. The molecule has 2 rings (SSSR count). The number of nitrogens with two attached hydrogens (primary N) is 1. The van der Waals surface area contributed by atoms with E-state index in [0.29, 0.717) is 0 Å². The van der Waals surface area contributed by atoms with Crippen molar-refractivity contribution in [2.45, 2.75) is 44.2 Å². The maximum atomic E-state index is 9.49. The molecule has 0 saturated heterocycles. The maximum Gasteiger partial charge on any atom is 0.126 e. The molecule has 1 fully saturated rings. The van der Waals surface area contributed by atoms with Gasteiger partial charge in [0.1, 0.15) is 5.76 Å². The van der Waals surface area contributed by atoms with E-state index in [0.717, 1.165) is 37.0 Å². The van der Waals surface area contributed by atoms with Crippen molar-refractivity contribution in [2.75, 3.05) is 0 Å². The van der Waals surface area contributed by atoms with Gasteiger partial charge < -0.3 is 15.3 Å². The number of rotatable bonds is 2. The average Bonchev–Trinajstić information content (AvgIpc) is 2.75. The van der Waals surface area contributed by atoms with Gasteiger partial charge in [-0.3, -0.25) is 0 Å². The molecule has 0 amide bonds. The van der Waals surface area contributed by atoms with E-state index in [4.69, 9.17) is 10.2 Å². The highest BCUT2D eigenvalue weighted by Gasteiger charge is 2.32. The van der Waals surface area contributed by atoms with Crippen molar-refractivity contribution < 1.29 is 9.52 Å². The Bertz CT molecular complexity index is 359. The molecule has 3 N–H and O–H groups in total. The molecule has 1 aromatic rings.